The van der Waals surface area contributed by atoms with Crippen molar-refractivity contribution in [2.24, 2.45) is 0 Å². The summed E-state index contributed by atoms with van der Waals surface area (Å²) < 4.78 is 7.91. The van der Waals surface area contributed by atoms with Crippen molar-refractivity contribution < 1.29 is 4.74 Å². The van der Waals surface area contributed by atoms with Crippen molar-refractivity contribution >= 4 is 0 Å². The number of hydrogen-bond donors (Lipinski definition) is 1. The van der Waals surface area contributed by atoms with Gasteiger partial charge in [-0.05, 0) is 45.9 Å². The van der Waals surface area contributed by atoms with Crippen LogP contribution in [0, 0.1) is 0 Å². The molecule has 0 bridgehead atoms. The highest BCUT2D eigenvalue weighted by Gasteiger charge is 2.10. The first-order chi connectivity index (χ1) is 7.96. The van der Waals surface area contributed by atoms with E-state index in [0.29, 0.717) is 6.04 Å². The largest absolute Gasteiger partial charge is 0.374 e. The molecule has 0 spiro atoms. The third kappa shape index (κ3) is 4.92. The lowest BCUT2D eigenvalue weighted by Crippen LogP contribution is -2.21. The molecular formula is C14H26N2O. The minimum atomic E-state index is -0.0487. The van der Waals surface area contributed by atoms with Gasteiger partial charge < -0.3 is 14.6 Å². The highest BCUT2D eigenvalue weighted by molar-refractivity contribution is 5.15. The Hall–Kier alpha value is -0.800. The highest BCUT2D eigenvalue weighted by atomic mass is 16.5. The highest BCUT2D eigenvalue weighted by Crippen LogP contribution is 2.16. The summed E-state index contributed by atoms with van der Waals surface area (Å²) in [6.07, 6.45) is 5.44. The van der Waals surface area contributed by atoms with Gasteiger partial charge in [0, 0.05) is 25.0 Å². The normalized spacial score (nSPS) is 13.9. The van der Waals surface area contributed by atoms with E-state index in [1.807, 2.05) is 7.05 Å². The van der Waals surface area contributed by atoms with Crippen molar-refractivity contribution in [2.45, 2.75) is 52.3 Å². The molecule has 0 aliphatic carbocycles. The number of nitrogens with one attached hydrogen (secondary N) is 1. The standard InChI is InChI=1S/C14H26N2O/c1-6-13(15-5)12-7-8-16(11-12)9-10-17-14(2,3)4/h7-8,11,13,15H,6,9-10H2,1-5H3. The number of nitrogens with zero attached hydrogens (tertiary/aromatic N) is 1. The fourth-order valence-corrected chi connectivity index (χ4v) is 1.87. The summed E-state index contributed by atoms with van der Waals surface area (Å²) in [5.74, 6) is 0. The van der Waals surface area contributed by atoms with Crippen molar-refractivity contribution in [3.63, 3.8) is 0 Å². The van der Waals surface area contributed by atoms with Crippen molar-refractivity contribution in [1.29, 1.82) is 0 Å². The van der Waals surface area contributed by atoms with E-state index in [1.54, 1.807) is 0 Å². The van der Waals surface area contributed by atoms with Crippen molar-refractivity contribution in [3.8, 4) is 0 Å². The summed E-state index contributed by atoms with van der Waals surface area (Å²) in [6, 6.07) is 2.64. The molecule has 1 aromatic rings. The molecule has 98 valence electrons. The van der Waals surface area contributed by atoms with Crippen LogP contribution >= 0.6 is 0 Å². The van der Waals surface area contributed by atoms with Gasteiger partial charge in [-0.15, -0.1) is 0 Å². The second-order valence-corrected chi connectivity index (χ2v) is 5.39. The summed E-state index contributed by atoms with van der Waals surface area (Å²) in [5.41, 5.74) is 1.30. The molecule has 1 aromatic heterocycles. The molecule has 0 fully saturated rings. The molecular weight excluding hydrogens is 212 g/mol. The predicted octanol–water partition coefficient (Wildman–Crippen LogP) is 2.97. The zero-order valence-corrected chi connectivity index (χ0v) is 11.8. The maximum absolute atomic E-state index is 5.72. The van der Waals surface area contributed by atoms with E-state index in [1.165, 1.54) is 5.56 Å². The van der Waals surface area contributed by atoms with Gasteiger partial charge in [0.05, 0.1) is 12.2 Å². The van der Waals surface area contributed by atoms with Gasteiger partial charge in [0.15, 0.2) is 0 Å². The van der Waals surface area contributed by atoms with Crippen LogP contribution in [0.4, 0.5) is 0 Å². The fourth-order valence-electron chi connectivity index (χ4n) is 1.87. The van der Waals surface area contributed by atoms with Gasteiger partial charge in [-0.25, -0.2) is 0 Å². The Morgan fingerprint density at radius 3 is 2.65 bits per heavy atom. The molecule has 0 saturated heterocycles. The van der Waals surface area contributed by atoms with Crippen LogP contribution in [0.5, 0.6) is 0 Å². The maximum Gasteiger partial charge on any atom is 0.0652 e. The molecule has 3 heteroatoms. The third-order valence-electron chi connectivity index (χ3n) is 2.82. The van der Waals surface area contributed by atoms with E-state index in [9.17, 15) is 0 Å². The van der Waals surface area contributed by atoms with Crippen LogP contribution in [0.3, 0.4) is 0 Å². The first-order valence-corrected chi connectivity index (χ1v) is 6.43. The zero-order valence-electron chi connectivity index (χ0n) is 11.8. The maximum atomic E-state index is 5.72. The van der Waals surface area contributed by atoms with E-state index in [-0.39, 0.29) is 5.60 Å². The van der Waals surface area contributed by atoms with Gasteiger partial charge >= 0.3 is 0 Å². The van der Waals surface area contributed by atoms with Crippen molar-refractivity contribution in [1.82, 2.24) is 9.88 Å². The summed E-state index contributed by atoms with van der Waals surface area (Å²) in [5, 5.41) is 3.32. The molecule has 0 amide bonds. The Morgan fingerprint density at radius 1 is 1.41 bits per heavy atom. The van der Waals surface area contributed by atoms with Gasteiger partial charge in [-0.2, -0.15) is 0 Å². The van der Waals surface area contributed by atoms with Crippen LogP contribution in [-0.2, 0) is 11.3 Å². The van der Waals surface area contributed by atoms with Gasteiger partial charge in [-0.1, -0.05) is 6.92 Å². The molecule has 1 rings (SSSR count). The summed E-state index contributed by atoms with van der Waals surface area (Å²) in [4.78, 5) is 0. The molecule has 1 heterocycles. The van der Waals surface area contributed by atoms with Gasteiger partial charge in [-0.3, -0.25) is 0 Å². The second-order valence-electron chi connectivity index (χ2n) is 5.39. The number of hydrogen-bond acceptors (Lipinski definition) is 2. The number of ether oxygens (including phenoxy) is 1. The zero-order chi connectivity index (χ0) is 12.9. The lowest BCUT2D eigenvalue weighted by Gasteiger charge is -2.19. The van der Waals surface area contributed by atoms with E-state index in [4.69, 9.17) is 4.74 Å². The lowest BCUT2D eigenvalue weighted by atomic mass is 10.1. The average molecular weight is 238 g/mol. The molecule has 0 aliphatic rings. The third-order valence-corrected chi connectivity index (χ3v) is 2.82. The lowest BCUT2D eigenvalue weighted by molar-refractivity contribution is -0.00680. The van der Waals surface area contributed by atoms with E-state index in [0.717, 1.165) is 19.6 Å². The Morgan fingerprint density at radius 2 is 2.12 bits per heavy atom. The van der Waals surface area contributed by atoms with Crippen molar-refractivity contribution in [2.75, 3.05) is 13.7 Å². The van der Waals surface area contributed by atoms with Gasteiger partial charge in [0.25, 0.3) is 0 Å². The smallest absolute Gasteiger partial charge is 0.0652 e. The molecule has 0 radical (unpaired) electrons. The summed E-state index contributed by atoms with van der Waals surface area (Å²) in [7, 11) is 2.01. The molecule has 17 heavy (non-hydrogen) atoms. The van der Waals surface area contributed by atoms with Gasteiger partial charge in [0.2, 0.25) is 0 Å². The molecule has 1 unspecified atom stereocenters. The molecule has 0 aliphatic heterocycles. The molecule has 3 nitrogen and oxygen atoms in total. The number of aromatic nitrogens is 1. The van der Waals surface area contributed by atoms with Gasteiger partial charge in [0.1, 0.15) is 0 Å². The Labute approximate surface area is 105 Å². The minimum absolute atomic E-state index is 0.0487. The van der Waals surface area contributed by atoms with E-state index >= 15 is 0 Å². The Bertz CT molecular complexity index is 321. The molecule has 0 saturated carbocycles. The first-order valence-electron chi connectivity index (χ1n) is 6.43. The van der Waals surface area contributed by atoms with Crippen molar-refractivity contribution in [3.05, 3.63) is 24.0 Å². The van der Waals surface area contributed by atoms with Crippen LogP contribution < -0.4 is 5.32 Å². The Balaban J connectivity index is 2.46. The predicted molar refractivity (Wildman–Crippen MR) is 72.2 cm³/mol. The van der Waals surface area contributed by atoms with Crippen LogP contribution in [0.15, 0.2) is 18.5 Å². The van der Waals surface area contributed by atoms with Crippen LogP contribution in [0.25, 0.3) is 0 Å². The van der Waals surface area contributed by atoms with E-state index < -0.39 is 0 Å². The molecule has 1 N–H and O–H groups in total. The first kappa shape index (κ1) is 14.3. The quantitative estimate of drug-likeness (QED) is 0.824. The monoisotopic (exact) mass is 238 g/mol. The van der Waals surface area contributed by atoms with Crippen LogP contribution in [0.1, 0.15) is 45.7 Å². The summed E-state index contributed by atoms with van der Waals surface area (Å²) in [6.45, 7) is 10.1. The average Bonchev–Trinajstić information content (AvgIpc) is 2.67. The van der Waals surface area contributed by atoms with Crippen LogP contribution in [-0.4, -0.2) is 23.8 Å². The second kappa shape index (κ2) is 6.22. The molecule has 1 atom stereocenters. The topological polar surface area (TPSA) is 26.2 Å². The number of rotatable bonds is 6. The SMILES string of the molecule is CCC(NC)c1ccn(CCOC(C)(C)C)c1. The Kier molecular flexibility index (Phi) is 5.22. The van der Waals surface area contributed by atoms with E-state index in [2.05, 4.69) is 56.0 Å². The molecule has 0 aromatic carbocycles. The fraction of sp³-hybridized carbons (Fsp3) is 0.714. The summed E-state index contributed by atoms with van der Waals surface area (Å²) >= 11 is 0. The van der Waals surface area contributed by atoms with Crippen LogP contribution in [0.2, 0.25) is 0 Å². The minimum Gasteiger partial charge on any atom is -0.374 e.